The molecule has 0 aliphatic rings. The van der Waals surface area contributed by atoms with Crippen molar-refractivity contribution in [3.05, 3.63) is 60.2 Å². The van der Waals surface area contributed by atoms with Crippen LogP contribution in [-0.2, 0) is 23.7 Å². The van der Waals surface area contributed by atoms with Crippen LogP contribution in [-0.4, -0.2) is 51.6 Å². The zero-order valence-corrected chi connectivity index (χ0v) is 15.4. The number of hydrogen-bond acceptors (Lipinski definition) is 6. The lowest BCUT2D eigenvalue weighted by molar-refractivity contribution is -0.140. The first-order chi connectivity index (χ1) is 13.1. The summed E-state index contributed by atoms with van der Waals surface area (Å²) in [6.07, 6.45) is 0. The molecule has 2 rings (SSSR count). The maximum absolute atomic E-state index is 12.0. The molecule has 0 saturated heterocycles. The number of benzene rings is 2. The van der Waals surface area contributed by atoms with Crippen molar-refractivity contribution in [1.82, 2.24) is 0 Å². The molecule has 27 heavy (non-hydrogen) atoms. The van der Waals surface area contributed by atoms with Crippen LogP contribution in [0.4, 0.5) is 0 Å². The van der Waals surface area contributed by atoms with E-state index in [9.17, 15) is 9.59 Å². The highest BCUT2D eigenvalue weighted by molar-refractivity contribution is 5.95. The Morgan fingerprint density at radius 3 is 2.07 bits per heavy atom. The first kappa shape index (κ1) is 20.6. The van der Waals surface area contributed by atoms with Crippen LogP contribution in [0.5, 0.6) is 0 Å². The van der Waals surface area contributed by atoms with E-state index < -0.39 is 5.97 Å². The van der Waals surface area contributed by atoms with Crippen molar-refractivity contribution in [3.63, 3.8) is 0 Å². The van der Waals surface area contributed by atoms with Crippen molar-refractivity contribution in [2.45, 2.75) is 6.92 Å². The summed E-state index contributed by atoms with van der Waals surface area (Å²) in [6, 6.07) is 13.3. The van der Waals surface area contributed by atoms with Crippen molar-refractivity contribution in [1.29, 1.82) is 0 Å². The van der Waals surface area contributed by atoms with Gasteiger partial charge in [0.25, 0.3) is 0 Å². The highest BCUT2D eigenvalue weighted by Gasteiger charge is 2.07. The minimum atomic E-state index is -0.428. The predicted octanol–water partition coefficient (Wildman–Crippen LogP) is 3.15. The quantitative estimate of drug-likeness (QED) is 0.343. The van der Waals surface area contributed by atoms with Gasteiger partial charge < -0.3 is 18.9 Å². The number of carbonyl (C=O) groups excluding carboxylic acids is 2. The molecule has 0 atom stereocenters. The summed E-state index contributed by atoms with van der Waals surface area (Å²) in [5, 5.41) is 2.07. The molecule has 0 bridgehead atoms. The van der Waals surface area contributed by atoms with E-state index in [4.69, 9.17) is 18.9 Å². The second-order valence-corrected chi connectivity index (χ2v) is 5.84. The lowest BCUT2D eigenvalue weighted by atomic mass is 10.1. The Morgan fingerprint density at radius 1 is 0.815 bits per heavy atom. The summed E-state index contributed by atoms with van der Waals surface area (Å²) in [6.45, 7) is 6.72. The van der Waals surface area contributed by atoms with Gasteiger partial charge in [0.1, 0.15) is 13.2 Å². The van der Waals surface area contributed by atoms with Gasteiger partial charge in [-0.3, -0.25) is 0 Å². The van der Waals surface area contributed by atoms with Gasteiger partial charge in [-0.25, -0.2) is 9.59 Å². The van der Waals surface area contributed by atoms with Crippen LogP contribution in [0.3, 0.4) is 0 Å². The molecule has 0 spiro atoms. The summed E-state index contributed by atoms with van der Waals surface area (Å²) in [5.41, 5.74) is 0.873. The second kappa shape index (κ2) is 11.1. The van der Waals surface area contributed by atoms with E-state index >= 15 is 0 Å². The summed E-state index contributed by atoms with van der Waals surface area (Å²) in [5.74, 6) is -0.803. The molecule has 0 heterocycles. The van der Waals surface area contributed by atoms with Crippen LogP contribution in [0.15, 0.2) is 54.6 Å². The molecule has 0 radical (unpaired) electrons. The van der Waals surface area contributed by atoms with Gasteiger partial charge in [0.2, 0.25) is 0 Å². The normalized spacial score (nSPS) is 10.6. The molecule has 6 heteroatoms. The molecule has 2 aromatic rings. The van der Waals surface area contributed by atoms with Crippen LogP contribution in [0.2, 0.25) is 0 Å². The Morgan fingerprint density at radius 2 is 1.41 bits per heavy atom. The third kappa shape index (κ3) is 7.21. The standard InChI is InChI=1S/C21H24O6/c1-16(2)20(22)26-13-11-24-9-10-25-12-14-27-21(23)19-8-7-17-5-3-4-6-18(17)15-19/h3-8,15H,1,9-14H2,2H3. The van der Waals surface area contributed by atoms with Crippen molar-refractivity contribution in [2.24, 2.45) is 0 Å². The highest BCUT2D eigenvalue weighted by atomic mass is 16.6. The van der Waals surface area contributed by atoms with E-state index in [0.717, 1.165) is 10.8 Å². The van der Waals surface area contributed by atoms with Gasteiger partial charge in [-0.05, 0) is 29.8 Å². The Bertz CT molecular complexity index is 783. The smallest absolute Gasteiger partial charge is 0.338 e. The van der Waals surface area contributed by atoms with Crippen molar-refractivity contribution < 1.29 is 28.5 Å². The fourth-order valence-corrected chi connectivity index (χ4v) is 2.23. The molecule has 0 aliphatic heterocycles. The van der Waals surface area contributed by atoms with Crippen LogP contribution < -0.4 is 0 Å². The molecule has 0 unspecified atom stereocenters. The number of fused-ring (bicyclic) bond motifs is 1. The summed E-state index contributed by atoms with van der Waals surface area (Å²) in [7, 11) is 0. The Balaban J connectivity index is 1.53. The number of ether oxygens (including phenoxy) is 4. The van der Waals surface area contributed by atoms with Crippen molar-refractivity contribution in [3.8, 4) is 0 Å². The molecule has 0 aromatic heterocycles. The average Bonchev–Trinajstić information content (AvgIpc) is 2.68. The molecular formula is C21H24O6. The zero-order valence-electron chi connectivity index (χ0n) is 15.4. The maximum atomic E-state index is 12.0. The van der Waals surface area contributed by atoms with Gasteiger partial charge in [-0.2, -0.15) is 0 Å². The number of esters is 2. The summed E-state index contributed by atoms with van der Waals surface area (Å²) < 4.78 is 20.7. The minimum absolute atomic E-state index is 0.169. The Kier molecular flexibility index (Phi) is 8.48. The fraction of sp³-hybridized carbons (Fsp3) is 0.333. The highest BCUT2D eigenvalue weighted by Crippen LogP contribution is 2.16. The first-order valence-corrected chi connectivity index (χ1v) is 8.72. The van der Waals surface area contributed by atoms with Crippen molar-refractivity contribution >= 4 is 22.7 Å². The second-order valence-electron chi connectivity index (χ2n) is 5.84. The van der Waals surface area contributed by atoms with E-state index in [0.29, 0.717) is 31.0 Å². The molecule has 6 nitrogen and oxygen atoms in total. The number of rotatable bonds is 11. The largest absolute Gasteiger partial charge is 0.460 e. The lowest BCUT2D eigenvalue weighted by Crippen LogP contribution is -2.15. The van der Waals surface area contributed by atoms with Crippen LogP contribution in [0, 0.1) is 0 Å². The zero-order chi connectivity index (χ0) is 19.5. The molecule has 0 saturated carbocycles. The molecule has 0 aliphatic carbocycles. The van der Waals surface area contributed by atoms with Gasteiger partial charge >= 0.3 is 11.9 Å². The van der Waals surface area contributed by atoms with Gasteiger partial charge in [0.05, 0.1) is 32.0 Å². The van der Waals surface area contributed by atoms with Crippen LogP contribution in [0.25, 0.3) is 10.8 Å². The van der Waals surface area contributed by atoms with Crippen molar-refractivity contribution in [2.75, 3.05) is 39.6 Å². The Hall–Kier alpha value is -2.70. The SMILES string of the molecule is C=C(C)C(=O)OCCOCCOCCOC(=O)c1ccc2ccccc2c1. The molecule has 0 N–H and O–H groups in total. The third-order valence-electron chi connectivity index (χ3n) is 3.63. The van der Waals surface area contributed by atoms with Gasteiger partial charge in [0, 0.05) is 5.57 Å². The van der Waals surface area contributed by atoms with E-state index in [-0.39, 0.29) is 25.8 Å². The van der Waals surface area contributed by atoms with E-state index in [1.807, 2.05) is 36.4 Å². The third-order valence-corrected chi connectivity index (χ3v) is 3.63. The van der Waals surface area contributed by atoms with Gasteiger partial charge in [-0.1, -0.05) is 36.9 Å². The summed E-state index contributed by atoms with van der Waals surface area (Å²) >= 11 is 0. The van der Waals surface area contributed by atoms with E-state index in [2.05, 4.69) is 6.58 Å². The molecule has 0 amide bonds. The van der Waals surface area contributed by atoms with Gasteiger partial charge in [0.15, 0.2) is 0 Å². The lowest BCUT2D eigenvalue weighted by Gasteiger charge is -2.08. The first-order valence-electron chi connectivity index (χ1n) is 8.72. The van der Waals surface area contributed by atoms with Crippen LogP contribution >= 0.6 is 0 Å². The maximum Gasteiger partial charge on any atom is 0.338 e. The molecule has 144 valence electrons. The monoisotopic (exact) mass is 372 g/mol. The molecular weight excluding hydrogens is 348 g/mol. The Labute approximate surface area is 158 Å². The predicted molar refractivity (Wildman–Crippen MR) is 102 cm³/mol. The average molecular weight is 372 g/mol. The molecule has 2 aromatic carbocycles. The fourth-order valence-electron chi connectivity index (χ4n) is 2.23. The number of hydrogen-bond donors (Lipinski definition) is 0. The summed E-state index contributed by atoms with van der Waals surface area (Å²) in [4.78, 5) is 23.2. The molecule has 0 fully saturated rings. The van der Waals surface area contributed by atoms with E-state index in [1.54, 1.807) is 13.0 Å². The number of carbonyl (C=O) groups is 2. The van der Waals surface area contributed by atoms with E-state index in [1.165, 1.54) is 0 Å². The van der Waals surface area contributed by atoms with Gasteiger partial charge in [-0.15, -0.1) is 0 Å². The van der Waals surface area contributed by atoms with Crippen LogP contribution in [0.1, 0.15) is 17.3 Å². The topological polar surface area (TPSA) is 71.1 Å². The minimum Gasteiger partial charge on any atom is -0.460 e.